The molecular weight excluding hydrogens is 311 g/mol. The summed E-state index contributed by atoms with van der Waals surface area (Å²) < 4.78 is 44.8. The molecule has 23 heavy (non-hydrogen) atoms. The predicted octanol–water partition coefficient (Wildman–Crippen LogP) is 3.39. The summed E-state index contributed by atoms with van der Waals surface area (Å²) in [5, 5.41) is 3.74. The van der Waals surface area contributed by atoms with Crippen LogP contribution in [0.1, 0.15) is 30.9 Å². The quantitative estimate of drug-likeness (QED) is 0.901. The van der Waals surface area contributed by atoms with Crippen molar-refractivity contribution in [3.05, 3.63) is 29.3 Å². The third kappa shape index (κ3) is 4.14. The third-order valence-corrected chi connectivity index (χ3v) is 3.52. The van der Waals surface area contributed by atoms with Crippen LogP contribution in [-0.2, 0) is 10.9 Å². The molecular formula is C15H18F3N3O2. The van der Waals surface area contributed by atoms with Crippen molar-refractivity contribution in [2.45, 2.75) is 25.9 Å². The lowest BCUT2D eigenvalue weighted by atomic mass is 10.0. The van der Waals surface area contributed by atoms with E-state index in [1.165, 1.54) is 6.07 Å². The number of alkyl halides is 3. The molecule has 1 aliphatic heterocycles. The van der Waals surface area contributed by atoms with Crippen molar-refractivity contribution in [1.82, 2.24) is 5.43 Å². The summed E-state index contributed by atoms with van der Waals surface area (Å²) in [6.45, 7) is 2.37. The topological polar surface area (TPSA) is 53.9 Å². The molecule has 126 valence electrons. The third-order valence-electron chi connectivity index (χ3n) is 3.52. The van der Waals surface area contributed by atoms with Gasteiger partial charge < -0.3 is 9.64 Å². The standard InChI is InChI=1S/C15H18F3N3O2/c1-3-4-7-21(2)13-6-5-10(8-11(13)15(16,17)18)12-9-23-14(22)20-19-12/h5-6,8H,3-4,7,9H2,1-2H3,(H,20,22). The van der Waals surface area contributed by atoms with Crippen molar-refractivity contribution in [3.63, 3.8) is 0 Å². The van der Waals surface area contributed by atoms with Crippen LogP contribution < -0.4 is 10.3 Å². The molecule has 0 spiro atoms. The maximum atomic E-state index is 13.4. The van der Waals surface area contributed by atoms with Gasteiger partial charge in [0.05, 0.1) is 5.56 Å². The Balaban J connectivity index is 2.37. The number of hydrogen-bond donors (Lipinski definition) is 1. The van der Waals surface area contributed by atoms with Crippen LogP contribution in [-0.4, -0.2) is 32.0 Å². The highest BCUT2D eigenvalue weighted by Gasteiger charge is 2.35. The van der Waals surface area contributed by atoms with Gasteiger partial charge in [-0.05, 0) is 18.6 Å². The Hall–Kier alpha value is -2.25. The second-order valence-corrected chi connectivity index (χ2v) is 5.25. The van der Waals surface area contributed by atoms with Crippen molar-refractivity contribution >= 4 is 17.5 Å². The van der Waals surface area contributed by atoms with Gasteiger partial charge in [-0.2, -0.15) is 18.3 Å². The summed E-state index contributed by atoms with van der Waals surface area (Å²) in [5.74, 6) is 0. The zero-order chi connectivity index (χ0) is 17.0. The molecule has 0 saturated heterocycles. The number of carbonyl (C=O) groups is 1. The fraction of sp³-hybridized carbons (Fsp3) is 0.467. The lowest BCUT2D eigenvalue weighted by molar-refractivity contribution is -0.137. The van der Waals surface area contributed by atoms with E-state index in [1.807, 2.05) is 6.92 Å². The number of unbranched alkanes of at least 4 members (excludes halogenated alkanes) is 1. The Kier molecular flexibility index (Phi) is 5.12. The van der Waals surface area contributed by atoms with E-state index < -0.39 is 17.8 Å². The molecule has 8 heteroatoms. The molecule has 1 aromatic rings. The van der Waals surface area contributed by atoms with Crippen LogP contribution in [0, 0.1) is 0 Å². The molecule has 0 saturated carbocycles. The van der Waals surface area contributed by atoms with E-state index in [1.54, 1.807) is 18.0 Å². The SMILES string of the molecule is CCCCN(C)c1ccc(C2=NNC(=O)OC2)cc1C(F)(F)F. The molecule has 2 rings (SSSR count). The molecule has 1 aliphatic rings. The summed E-state index contributed by atoms with van der Waals surface area (Å²) in [4.78, 5) is 12.5. The molecule has 5 nitrogen and oxygen atoms in total. The average molecular weight is 329 g/mol. The molecule has 1 aromatic carbocycles. The minimum absolute atomic E-state index is 0.121. The number of nitrogens with one attached hydrogen (secondary N) is 1. The zero-order valence-electron chi connectivity index (χ0n) is 12.9. The van der Waals surface area contributed by atoms with Gasteiger partial charge in [-0.1, -0.05) is 19.4 Å². The summed E-state index contributed by atoms with van der Waals surface area (Å²) >= 11 is 0. The van der Waals surface area contributed by atoms with Crippen LogP contribution in [0.25, 0.3) is 0 Å². The van der Waals surface area contributed by atoms with E-state index in [4.69, 9.17) is 4.74 Å². The van der Waals surface area contributed by atoms with Gasteiger partial charge in [-0.3, -0.25) is 0 Å². The second kappa shape index (κ2) is 6.89. The van der Waals surface area contributed by atoms with Crippen molar-refractivity contribution in [3.8, 4) is 0 Å². The van der Waals surface area contributed by atoms with E-state index in [-0.39, 0.29) is 23.6 Å². The fourth-order valence-corrected chi connectivity index (χ4v) is 2.25. The second-order valence-electron chi connectivity index (χ2n) is 5.25. The first-order valence-electron chi connectivity index (χ1n) is 7.25. The zero-order valence-corrected chi connectivity index (χ0v) is 12.9. The lowest BCUT2D eigenvalue weighted by Crippen LogP contribution is -2.31. The van der Waals surface area contributed by atoms with Gasteiger partial charge in [-0.25, -0.2) is 10.2 Å². The van der Waals surface area contributed by atoms with Crippen molar-refractivity contribution in [1.29, 1.82) is 0 Å². The highest BCUT2D eigenvalue weighted by atomic mass is 19.4. The normalized spacial score (nSPS) is 14.8. The molecule has 1 heterocycles. The Labute approximate surface area is 132 Å². The molecule has 0 aliphatic carbocycles. The van der Waals surface area contributed by atoms with Gasteiger partial charge in [0.2, 0.25) is 0 Å². The Morgan fingerprint density at radius 2 is 2.13 bits per heavy atom. The smallest absolute Gasteiger partial charge is 0.428 e. The van der Waals surface area contributed by atoms with Gasteiger partial charge in [0.1, 0.15) is 12.3 Å². The summed E-state index contributed by atoms with van der Waals surface area (Å²) in [5.41, 5.74) is 2.00. The van der Waals surface area contributed by atoms with Gasteiger partial charge in [-0.15, -0.1) is 0 Å². The van der Waals surface area contributed by atoms with Crippen molar-refractivity contribution in [2.75, 3.05) is 25.1 Å². The number of anilines is 1. The molecule has 0 atom stereocenters. The van der Waals surface area contributed by atoms with Crippen LogP contribution in [0.3, 0.4) is 0 Å². The first-order valence-corrected chi connectivity index (χ1v) is 7.25. The van der Waals surface area contributed by atoms with Gasteiger partial charge in [0.15, 0.2) is 0 Å². The minimum atomic E-state index is -4.48. The number of hydrazone groups is 1. The number of ether oxygens (including phenoxy) is 1. The average Bonchev–Trinajstić information content (AvgIpc) is 2.52. The van der Waals surface area contributed by atoms with E-state index in [9.17, 15) is 18.0 Å². The number of amides is 1. The van der Waals surface area contributed by atoms with Gasteiger partial charge in [0.25, 0.3) is 0 Å². The number of rotatable bonds is 5. The van der Waals surface area contributed by atoms with Crippen LogP contribution >= 0.6 is 0 Å². The minimum Gasteiger partial charge on any atom is -0.442 e. The maximum absolute atomic E-state index is 13.4. The van der Waals surface area contributed by atoms with E-state index >= 15 is 0 Å². The van der Waals surface area contributed by atoms with E-state index in [0.717, 1.165) is 18.9 Å². The number of hydrogen-bond acceptors (Lipinski definition) is 4. The number of carbonyl (C=O) groups excluding carboxylic acids is 1. The molecule has 0 unspecified atom stereocenters. The largest absolute Gasteiger partial charge is 0.442 e. The molecule has 1 N–H and O–H groups in total. The Morgan fingerprint density at radius 3 is 2.70 bits per heavy atom. The number of halogens is 3. The molecule has 0 bridgehead atoms. The predicted molar refractivity (Wildman–Crippen MR) is 80.6 cm³/mol. The highest BCUT2D eigenvalue weighted by Crippen LogP contribution is 2.37. The Morgan fingerprint density at radius 1 is 1.39 bits per heavy atom. The van der Waals surface area contributed by atoms with E-state index in [2.05, 4.69) is 10.5 Å². The molecule has 0 radical (unpaired) electrons. The number of benzene rings is 1. The van der Waals surface area contributed by atoms with Crippen LogP contribution in [0.4, 0.5) is 23.7 Å². The first-order chi connectivity index (χ1) is 10.8. The van der Waals surface area contributed by atoms with Crippen molar-refractivity contribution < 1.29 is 22.7 Å². The Bertz CT molecular complexity index is 614. The first kappa shape index (κ1) is 17.1. The van der Waals surface area contributed by atoms with E-state index in [0.29, 0.717) is 6.54 Å². The van der Waals surface area contributed by atoms with Gasteiger partial charge >= 0.3 is 12.3 Å². The molecule has 0 aromatic heterocycles. The monoisotopic (exact) mass is 329 g/mol. The fourth-order valence-electron chi connectivity index (χ4n) is 2.25. The number of nitrogens with zero attached hydrogens (tertiary/aromatic N) is 2. The summed E-state index contributed by atoms with van der Waals surface area (Å²) in [7, 11) is 1.64. The van der Waals surface area contributed by atoms with Crippen LogP contribution in [0.15, 0.2) is 23.3 Å². The van der Waals surface area contributed by atoms with Crippen molar-refractivity contribution in [2.24, 2.45) is 5.10 Å². The lowest BCUT2D eigenvalue weighted by Gasteiger charge is -2.24. The van der Waals surface area contributed by atoms with Gasteiger partial charge in [0, 0.05) is 24.8 Å². The summed E-state index contributed by atoms with van der Waals surface area (Å²) in [6.07, 6.45) is -3.49. The molecule has 1 amide bonds. The highest BCUT2D eigenvalue weighted by molar-refractivity contribution is 6.04. The summed E-state index contributed by atoms with van der Waals surface area (Å²) in [6, 6.07) is 4.01. The van der Waals surface area contributed by atoms with Crippen LogP contribution in [0.2, 0.25) is 0 Å². The van der Waals surface area contributed by atoms with Crippen LogP contribution in [0.5, 0.6) is 0 Å². The maximum Gasteiger partial charge on any atom is 0.428 e. The number of cyclic esters (lactones) is 1. The molecule has 0 fully saturated rings.